The Kier molecular flexibility index (Phi) is 4.59. The zero-order valence-electron chi connectivity index (χ0n) is 16.0. The molecule has 29 heavy (non-hydrogen) atoms. The Hall–Kier alpha value is -3.43. The molecule has 0 bridgehead atoms. The molecule has 4 aromatic carbocycles. The van der Waals surface area contributed by atoms with E-state index in [2.05, 4.69) is 82.7 Å². The van der Waals surface area contributed by atoms with Crippen LogP contribution in [0.25, 0.3) is 27.5 Å². The van der Waals surface area contributed by atoms with E-state index in [1.54, 1.807) is 0 Å². The van der Waals surface area contributed by atoms with E-state index in [9.17, 15) is 4.39 Å². The molecule has 0 amide bonds. The Bertz CT molecular complexity index is 1210. The highest BCUT2D eigenvalue weighted by Gasteiger charge is 2.10. The summed E-state index contributed by atoms with van der Waals surface area (Å²) in [5, 5.41) is 5.96. The molecule has 142 valence electrons. The van der Waals surface area contributed by atoms with E-state index in [1.807, 2.05) is 12.1 Å². The van der Waals surface area contributed by atoms with E-state index in [0.29, 0.717) is 0 Å². The fourth-order valence-electron chi connectivity index (χ4n) is 3.92. The lowest BCUT2D eigenvalue weighted by Gasteiger charge is -2.10. The molecule has 0 unspecified atom stereocenters. The van der Waals surface area contributed by atoms with Crippen LogP contribution in [0.3, 0.4) is 0 Å². The van der Waals surface area contributed by atoms with Gasteiger partial charge in [0.15, 0.2) is 0 Å². The van der Waals surface area contributed by atoms with Gasteiger partial charge in [0, 0.05) is 29.5 Å². The van der Waals surface area contributed by atoms with Crippen LogP contribution in [0, 0.1) is 5.82 Å². The molecule has 2 nitrogen and oxygen atoms in total. The first-order valence-corrected chi connectivity index (χ1v) is 9.82. The maximum Gasteiger partial charge on any atom is 0.123 e. The SMILES string of the molecule is Fc1ccc(CNCc2ccc(-n3c4ccccc4c4ccccc43)cc2)cc1. The maximum atomic E-state index is 13.0. The summed E-state index contributed by atoms with van der Waals surface area (Å²) in [6, 6.07) is 32.4. The first-order chi connectivity index (χ1) is 14.3. The second-order valence-corrected chi connectivity index (χ2v) is 7.27. The van der Waals surface area contributed by atoms with Gasteiger partial charge in [0.25, 0.3) is 0 Å². The molecule has 1 heterocycles. The summed E-state index contributed by atoms with van der Waals surface area (Å²) >= 11 is 0. The fraction of sp³-hybridized carbons (Fsp3) is 0.0769. The Balaban J connectivity index is 1.39. The summed E-state index contributed by atoms with van der Waals surface area (Å²) in [5.74, 6) is -0.200. The summed E-state index contributed by atoms with van der Waals surface area (Å²) < 4.78 is 15.3. The molecule has 1 N–H and O–H groups in total. The van der Waals surface area contributed by atoms with Crippen LogP contribution in [0.4, 0.5) is 4.39 Å². The van der Waals surface area contributed by atoms with Crippen molar-refractivity contribution in [2.45, 2.75) is 13.1 Å². The molecule has 0 atom stereocenters. The largest absolute Gasteiger partial charge is 0.309 e. The van der Waals surface area contributed by atoms with Gasteiger partial charge in [-0.1, -0.05) is 60.7 Å². The van der Waals surface area contributed by atoms with Gasteiger partial charge in [-0.2, -0.15) is 0 Å². The number of benzene rings is 4. The van der Waals surface area contributed by atoms with E-state index >= 15 is 0 Å². The molecule has 3 heteroatoms. The number of halogens is 1. The van der Waals surface area contributed by atoms with Crippen LogP contribution < -0.4 is 5.32 Å². The molecule has 0 spiro atoms. The number of para-hydroxylation sites is 2. The molecule has 1 aromatic heterocycles. The Morgan fingerprint density at radius 1 is 0.586 bits per heavy atom. The normalized spacial score (nSPS) is 11.3. The minimum absolute atomic E-state index is 0.200. The van der Waals surface area contributed by atoms with Gasteiger partial charge < -0.3 is 9.88 Å². The molecule has 0 fully saturated rings. The van der Waals surface area contributed by atoms with E-state index in [-0.39, 0.29) is 5.82 Å². The van der Waals surface area contributed by atoms with Crippen LogP contribution in [0.1, 0.15) is 11.1 Å². The van der Waals surface area contributed by atoms with Crippen molar-refractivity contribution in [2.75, 3.05) is 0 Å². The average Bonchev–Trinajstić information content (AvgIpc) is 3.10. The highest BCUT2D eigenvalue weighted by atomic mass is 19.1. The second kappa shape index (κ2) is 7.53. The first kappa shape index (κ1) is 17.7. The van der Waals surface area contributed by atoms with Crippen molar-refractivity contribution in [2.24, 2.45) is 0 Å². The van der Waals surface area contributed by atoms with Gasteiger partial charge >= 0.3 is 0 Å². The average molecular weight is 380 g/mol. The van der Waals surface area contributed by atoms with Crippen molar-refractivity contribution in [3.63, 3.8) is 0 Å². The lowest BCUT2D eigenvalue weighted by Crippen LogP contribution is -2.12. The van der Waals surface area contributed by atoms with Gasteiger partial charge in [0.05, 0.1) is 11.0 Å². The number of fused-ring (bicyclic) bond motifs is 3. The zero-order valence-corrected chi connectivity index (χ0v) is 16.0. The lowest BCUT2D eigenvalue weighted by molar-refractivity contribution is 0.625. The third-order valence-electron chi connectivity index (χ3n) is 5.35. The Morgan fingerprint density at radius 3 is 1.62 bits per heavy atom. The van der Waals surface area contributed by atoms with Crippen molar-refractivity contribution in [1.29, 1.82) is 0 Å². The van der Waals surface area contributed by atoms with Crippen molar-refractivity contribution >= 4 is 21.8 Å². The van der Waals surface area contributed by atoms with Gasteiger partial charge in [-0.15, -0.1) is 0 Å². The molecular weight excluding hydrogens is 359 g/mol. The van der Waals surface area contributed by atoms with Crippen molar-refractivity contribution < 1.29 is 4.39 Å². The Labute approximate surface area is 169 Å². The molecule has 0 saturated carbocycles. The van der Waals surface area contributed by atoms with Crippen molar-refractivity contribution in [1.82, 2.24) is 9.88 Å². The summed E-state index contributed by atoms with van der Waals surface area (Å²) in [7, 11) is 0. The van der Waals surface area contributed by atoms with E-state index < -0.39 is 0 Å². The zero-order chi connectivity index (χ0) is 19.6. The predicted octanol–water partition coefficient (Wildman–Crippen LogP) is 6.21. The predicted molar refractivity (Wildman–Crippen MR) is 118 cm³/mol. The number of hydrogen-bond acceptors (Lipinski definition) is 1. The minimum Gasteiger partial charge on any atom is -0.309 e. The standard InChI is InChI=1S/C26H21FN2/c27-21-13-9-19(10-14-21)17-28-18-20-11-15-22(16-12-20)29-25-7-3-1-5-23(25)24-6-2-4-8-26(24)29/h1-16,28H,17-18H2. The number of rotatable bonds is 5. The maximum absolute atomic E-state index is 13.0. The molecule has 0 saturated heterocycles. The number of aromatic nitrogens is 1. The van der Waals surface area contributed by atoms with Gasteiger partial charge in [-0.05, 0) is 47.5 Å². The highest BCUT2D eigenvalue weighted by molar-refractivity contribution is 6.09. The monoisotopic (exact) mass is 380 g/mol. The highest BCUT2D eigenvalue weighted by Crippen LogP contribution is 2.31. The van der Waals surface area contributed by atoms with E-state index in [4.69, 9.17) is 0 Å². The summed E-state index contributed by atoms with van der Waals surface area (Å²) in [6.45, 7) is 1.49. The van der Waals surface area contributed by atoms with Crippen LogP contribution in [0.5, 0.6) is 0 Å². The Morgan fingerprint density at radius 2 is 1.07 bits per heavy atom. The molecular formula is C26H21FN2. The molecule has 5 aromatic rings. The molecule has 0 aliphatic heterocycles. The van der Waals surface area contributed by atoms with Gasteiger partial charge in [0.2, 0.25) is 0 Å². The van der Waals surface area contributed by atoms with Crippen LogP contribution in [-0.2, 0) is 13.1 Å². The van der Waals surface area contributed by atoms with Gasteiger partial charge in [-0.25, -0.2) is 4.39 Å². The van der Waals surface area contributed by atoms with Crippen LogP contribution in [0.2, 0.25) is 0 Å². The van der Waals surface area contributed by atoms with Crippen LogP contribution in [-0.4, -0.2) is 4.57 Å². The fourth-order valence-corrected chi connectivity index (χ4v) is 3.92. The topological polar surface area (TPSA) is 17.0 Å². The van der Waals surface area contributed by atoms with Crippen molar-refractivity contribution in [3.05, 3.63) is 114 Å². The second-order valence-electron chi connectivity index (χ2n) is 7.27. The third kappa shape index (κ3) is 3.41. The number of nitrogens with one attached hydrogen (secondary N) is 1. The smallest absolute Gasteiger partial charge is 0.123 e. The molecule has 0 radical (unpaired) electrons. The summed E-state index contributed by atoms with van der Waals surface area (Å²) in [5.41, 5.74) is 5.89. The van der Waals surface area contributed by atoms with E-state index in [0.717, 1.165) is 24.3 Å². The molecule has 0 aliphatic carbocycles. The quantitative estimate of drug-likeness (QED) is 0.383. The lowest BCUT2D eigenvalue weighted by atomic mass is 10.2. The molecule has 0 aliphatic rings. The first-order valence-electron chi connectivity index (χ1n) is 9.82. The minimum atomic E-state index is -0.200. The van der Waals surface area contributed by atoms with Gasteiger partial charge in [0.1, 0.15) is 5.82 Å². The number of hydrogen-bond donors (Lipinski definition) is 1. The summed E-state index contributed by atoms with van der Waals surface area (Å²) in [4.78, 5) is 0. The molecule has 5 rings (SSSR count). The van der Waals surface area contributed by atoms with Crippen LogP contribution >= 0.6 is 0 Å². The van der Waals surface area contributed by atoms with E-state index in [1.165, 1.54) is 39.5 Å². The summed E-state index contributed by atoms with van der Waals surface area (Å²) in [6.07, 6.45) is 0. The van der Waals surface area contributed by atoms with Crippen molar-refractivity contribution in [3.8, 4) is 5.69 Å². The third-order valence-corrected chi connectivity index (χ3v) is 5.35. The van der Waals surface area contributed by atoms with Crippen LogP contribution in [0.15, 0.2) is 97.1 Å². The number of nitrogens with zero attached hydrogens (tertiary/aromatic N) is 1. The van der Waals surface area contributed by atoms with Gasteiger partial charge in [-0.3, -0.25) is 0 Å².